The number of rotatable bonds is 10. The molecule has 0 radical (unpaired) electrons. The van der Waals surface area contributed by atoms with Gasteiger partial charge in [0.15, 0.2) is 0 Å². The van der Waals surface area contributed by atoms with E-state index >= 15 is 0 Å². The first-order chi connectivity index (χ1) is 17.0. The van der Waals surface area contributed by atoms with Crippen molar-refractivity contribution in [2.75, 3.05) is 13.1 Å². The molecule has 0 atom stereocenters. The predicted molar refractivity (Wildman–Crippen MR) is 138 cm³/mol. The molecule has 0 spiro atoms. The number of fused-ring (bicyclic) bond motifs is 1. The van der Waals surface area contributed by atoms with Crippen LogP contribution in [-0.4, -0.2) is 41.6 Å². The van der Waals surface area contributed by atoms with Crippen molar-refractivity contribution in [1.29, 1.82) is 0 Å². The average molecular weight is 506 g/mol. The van der Waals surface area contributed by atoms with Crippen LogP contribution in [0.2, 0.25) is 0 Å². The van der Waals surface area contributed by atoms with Gasteiger partial charge in [0.25, 0.3) is 0 Å². The normalized spacial score (nSPS) is 13.9. The zero-order valence-electron chi connectivity index (χ0n) is 19.3. The van der Waals surface area contributed by atoms with Crippen LogP contribution in [0, 0.1) is 5.92 Å². The first kappa shape index (κ1) is 23.7. The van der Waals surface area contributed by atoms with E-state index in [4.69, 9.17) is 0 Å². The van der Waals surface area contributed by atoms with E-state index in [1.807, 2.05) is 60.0 Å². The number of carbonyl (C=O) groups is 1. The second kappa shape index (κ2) is 10.3. The molecule has 35 heavy (non-hydrogen) atoms. The quantitative estimate of drug-likeness (QED) is 0.307. The predicted octanol–water partition coefficient (Wildman–Crippen LogP) is 4.93. The number of aromatic nitrogens is 1. The van der Waals surface area contributed by atoms with Crippen LogP contribution in [0.4, 0.5) is 0 Å². The Labute approximate surface area is 209 Å². The van der Waals surface area contributed by atoms with Crippen molar-refractivity contribution in [1.82, 2.24) is 14.2 Å². The molecule has 1 amide bonds. The van der Waals surface area contributed by atoms with E-state index in [2.05, 4.69) is 4.98 Å². The number of benzene rings is 2. The Morgan fingerprint density at radius 1 is 0.943 bits per heavy atom. The van der Waals surface area contributed by atoms with Crippen molar-refractivity contribution in [3.63, 3.8) is 0 Å². The first-order valence-corrected chi connectivity index (χ1v) is 14.0. The maximum atomic E-state index is 13.9. The fourth-order valence-corrected chi connectivity index (χ4v) is 6.49. The van der Waals surface area contributed by atoms with Gasteiger partial charge < -0.3 is 4.90 Å². The number of thiophene rings is 1. The summed E-state index contributed by atoms with van der Waals surface area (Å²) in [5, 5.41) is 2.74. The van der Waals surface area contributed by atoms with Gasteiger partial charge in [-0.05, 0) is 47.9 Å². The smallest absolute Gasteiger partial charge is 0.245 e. The summed E-state index contributed by atoms with van der Waals surface area (Å²) in [6, 6.07) is 22.5. The van der Waals surface area contributed by atoms with E-state index in [1.54, 1.807) is 40.6 Å². The molecule has 8 heteroatoms. The van der Waals surface area contributed by atoms with Crippen LogP contribution in [-0.2, 0) is 27.9 Å². The third-order valence-corrected chi connectivity index (χ3v) is 8.88. The fourth-order valence-electron chi connectivity index (χ4n) is 4.14. The van der Waals surface area contributed by atoms with Crippen LogP contribution < -0.4 is 0 Å². The Morgan fingerprint density at radius 3 is 2.49 bits per heavy atom. The number of amides is 1. The minimum Gasteiger partial charge on any atom is -0.332 e. The summed E-state index contributed by atoms with van der Waals surface area (Å²) < 4.78 is 29.1. The molecule has 0 N–H and O–H groups in total. The van der Waals surface area contributed by atoms with Crippen molar-refractivity contribution in [3.8, 4) is 0 Å². The summed E-state index contributed by atoms with van der Waals surface area (Å²) in [5.41, 5.74) is 1.44. The highest BCUT2D eigenvalue weighted by molar-refractivity contribution is 7.89. The minimum absolute atomic E-state index is 0.150. The second-order valence-electron chi connectivity index (χ2n) is 8.89. The van der Waals surface area contributed by atoms with Gasteiger partial charge in [0, 0.05) is 29.5 Å². The highest BCUT2D eigenvalue weighted by Crippen LogP contribution is 2.33. The third-order valence-electron chi connectivity index (χ3n) is 6.18. The second-order valence-corrected chi connectivity index (χ2v) is 11.8. The number of carbonyl (C=O) groups excluding carboxylic acids is 1. The van der Waals surface area contributed by atoms with Crippen LogP contribution in [0.5, 0.6) is 0 Å². The summed E-state index contributed by atoms with van der Waals surface area (Å²) in [4.78, 5) is 20.9. The van der Waals surface area contributed by atoms with E-state index < -0.39 is 10.0 Å². The molecule has 0 aliphatic heterocycles. The van der Waals surface area contributed by atoms with E-state index in [0.29, 0.717) is 31.1 Å². The van der Waals surface area contributed by atoms with Gasteiger partial charge in [-0.2, -0.15) is 4.31 Å². The Hall–Kier alpha value is -3.07. The van der Waals surface area contributed by atoms with Gasteiger partial charge >= 0.3 is 0 Å². The standard InChI is InChI=1S/C27H27N3O3S2/c31-26(29(19-24-11-6-16-34-24)17-21-7-2-1-3-8-21)20-30(18-22-13-14-22)35(32,33)25-12-4-9-23-10-5-15-28-27(23)25/h1-12,15-16,22H,13-14,17-20H2. The van der Waals surface area contributed by atoms with Crippen LogP contribution in [0.3, 0.4) is 0 Å². The van der Waals surface area contributed by atoms with Crippen LogP contribution >= 0.6 is 11.3 Å². The Balaban J connectivity index is 1.44. The van der Waals surface area contributed by atoms with Crippen LogP contribution in [0.15, 0.2) is 89.3 Å². The monoisotopic (exact) mass is 505 g/mol. The average Bonchev–Trinajstić information content (AvgIpc) is 3.55. The van der Waals surface area contributed by atoms with E-state index in [1.165, 1.54) is 4.31 Å². The van der Waals surface area contributed by atoms with E-state index in [0.717, 1.165) is 28.7 Å². The Bertz CT molecular complexity index is 1400. The lowest BCUT2D eigenvalue weighted by molar-refractivity contribution is -0.132. The van der Waals surface area contributed by atoms with Crippen molar-refractivity contribution < 1.29 is 13.2 Å². The molecule has 1 fully saturated rings. The van der Waals surface area contributed by atoms with Crippen molar-refractivity contribution in [2.45, 2.75) is 30.8 Å². The Morgan fingerprint density at radius 2 is 1.74 bits per heavy atom. The number of para-hydroxylation sites is 1. The third kappa shape index (κ3) is 5.61. The molecular weight excluding hydrogens is 478 g/mol. The van der Waals surface area contributed by atoms with Crippen molar-refractivity contribution >= 4 is 38.2 Å². The number of pyridine rings is 1. The van der Waals surface area contributed by atoms with Crippen LogP contribution in [0.1, 0.15) is 23.3 Å². The lowest BCUT2D eigenvalue weighted by Crippen LogP contribution is -2.43. The molecule has 1 aliphatic carbocycles. The lowest BCUT2D eigenvalue weighted by Gasteiger charge is -2.27. The van der Waals surface area contributed by atoms with Gasteiger partial charge in [-0.1, -0.05) is 54.6 Å². The summed E-state index contributed by atoms with van der Waals surface area (Å²) in [5.74, 6) is 0.0834. The minimum atomic E-state index is -3.92. The molecular formula is C27H27N3O3S2. The number of nitrogens with zero attached hydrogens (tertiary/aromatic N) is 3. The van der Waals surface area contributed by atoms with Crippen LogP contribution in [0.25, 0.3) is 10.9 Å². The molecule has 2 aromatic carbocycles. The summed E-state index contributed by atoms with van der Waals surface area (Å²) in [6.45, 7) is 1.01. The molecule has 1 saturated carbocycles. The Kier molecular flexibility index (Phi) is 6.95. The molecule has 0 saturated heterocycles. The maximum absolute atomic E-state index is 13.9. The topological polar surface area (TPSA) is 70.6 Å². The van der Waals surface area contributed by atoms with Gasteiger partial charge in [0.2, 0.25) is 15.9 Å². The summed E-state index contributed by atoms with van der Waals surface area (Å²) in [7, 11) is -3.92. The van der Waals surface area contributed by atoms with Crippen molar-refractivity contribution in [3.05, 3.63) is 94.8 Å². The van der Waals surface area contributed by atoms with Gasteiger partial charge in [-0.3, -0.25) is 9.78 Å². The maximum Gasteiger partial charge on any atom is 0.245 e. The van der Waals surface area contributed by atoms with Crippen molar-refractivity contribution in [2.24, 2.45) is 5.92 Å². The number of hydrogen-bond donors (Lipinski definition) is 0. The SMILES string of the molecule is O=C(CN(CC1CC1)S(=O)(=O)c1cccc2cccnc12)N(Cc1ccccc1)Cc1cccs1. The molecule has 0 unspecified atom stereocenters. The van der Waals surface area contributed by atoms with Gasteiger partial charge in [-0.15, -0.1) is 11.3 Å². The molecule has 4 aromatic rings. The molecule has 180 valence electrons. The number of hydrogen-bond acceptors (Lipinski definition) is 5. The summed E-state index contributed by atoms with van der Waals surface area (Å²) in [6.07, 6.45) is 3.56. The number of sulfonamides is 1. The van der Waals surface area contributed by atoms with E-state index in [9.17, 15) is 13.2 Å². The van der Waals surface area contributed by atoms with Gasteiger partial charge in [-0.25, -0.2) is 8.42 Å². The molecule has 1 aliphatic rings. The molecule has 2 aromatic heterocycles. The zero-order chi connectivity index (χ0) is 24.3. The molecule has 2 heterocycles. The first-order valence-electron chi connectivity index (χ1n) is 11.7. The lowest BCUT2D eigenvalue weighted by atomic mass is 10.2. The molecule has 0 bridgehead atoms. The highest BCUT2D eigenvalue weighted by Gasteiger charge is 2.35. The molecule has 5 rings (SSSR count). The highest BCUT2D eigenvalue weighted by atomic mass is 32.2. The fraction of sp³-hybridized carbons (Fsp3) is 0.259. The zero-order valence-corrected chi connectivity index (χ0v) is 20.9. The summed E-state index contributed by atoms with van der Waals surface area (Å²) >= 11 is 1.59. The van der Waals surface area contributed by atoms with Gasteiger partial charge in [0.05, 0.1) is 18.6 Å². The van der Waals surface area contributed by atoms with Gasteiger partial charge in [0.1, 0.15) is 4.90 Å². The van der Waals surface area contributed by atoms with E-state index in [-0.39, 0.29) is 17.3 Å². The largest absolute Gasteiger partial charge is 0.332 e. The molecule has 6 nitrogen and oxygen atoms in total.